The number of amides is 2. The summed E-state index contributed by atoms with van der Waals surface area (Å²) in [6, 6.07) is 10.1. The zero-order valence-electron chi connectivity index (χ0n) is 18.5. The van der Waals surface area contributed by atoms with E-state index in [-0.39, 0.29) is 17.2 Å². The Kier molecular flexibility index (Phi) is 8.67. The number of anilines is 1. The van der Waals surface area contributed by atoms with Crippen LogP contribution in [0.3, 0.4) is 0 Å². The van der Waals surface area contributed by atoms with E-state index >= 15 is 0 Å². The van der Waals surface area contributed by atoms with Gasteiger partial charge in [0.25, 0.3) is 5.91 Å². The van der Waals surface area contributed by atoms with Gasteiger partial charge in [-0.05, 0) is 37.3 Å². The van der Waals surface area contributed by atoms with Gasteiger partial charge in [0.1, 0.15) is 11.6 Å². The predicted octanol–water partition coefficient (Wildman–Crippen LogP) is 4.49. The highest BCUT2D eigenvalue weighted by Crippen LogP contribution is 2.28. The second-order valence-corrected chi connectivity index (χ2v) is 8.48. The van der Waals surface area contributed by atoms with Crippen LogP contribution >= 0.6 is 23.4 Å². The second-order valence-electron chi connectivity index (χ2n) is 7.10. The molecular formula is C23H23ClFN5O3S. The van der Waals surface area contributed by atoms with Crippen molar-refractivity contribution in [2.24, 2.45) is 0 Å². The molecule has 0 saturated carbocycles. The van der Waals surface area contributed by atoms with Crippen molar-refractivity contribution < 1.29 is 18.7 Å². The fourth-order valence-electron chi connectivity index (χ4n) is 3.11. The van der Waals surface area contributed by atoms with Crippen LogP contribution in [0.15, 0.2) is 60.3 Å². The Morgan fingerprint density at radius 3 is 2.76 bits per heavy atom. The van der Waals surface area contributed by atoms with E-state index in [1.54, 1.807) is 41.8 Å². The average Bonchev–Trinajstić information content (AvgIpc) is 3.21. The monoisotopic (exact) mass is 503 g/mol. The van der Waals surface area contributed by atoms with Crippen molar-refractivity contribution in [3.63, 3.8) is 0 Å². The van der Waals surface area contributed by atoms with Gasteiger partial charge < -0.3 is 19.9 Å². The molecule has 1 aromatic heterocycles. The number of ether oxygens (including phenoxy) is 1. The van der Waals surface area contributed by atoms with Gasteiger partial charge in [-0.2, -0.15) is 0 Å². The average molecular weight is 504 g/mol. The number of hydrogen-bond donors (Lipinski definition) is 2. The summed E-state index contributed by atoms with van der Waals surface area (Å²) in [5, 5.41) is 14.8. The lowest BCUT2D eigenvalue weighted by molar-refractivity contribution is -0.113. The third kappa shape index (κ3) is 6.15. The fraction of sp³-hybridized carbons (Fsp3) is 0.217. The van der Waals surface area contributed by atoms with Gasteiger partial charge in [0.05, 0.1) is 30.2 Å². The number of aromatic nitrogens is 3. The number of carbonyl (C=O) groups is 2. The van der Waals surface area contributed by atoms with Crippen LogP contribution in [-0.4, -0.2) is 39.4 Å². The highest BCUT2D eigenvalue weighted by molar-refractivity contribution is 7.99. The molecule has 1 atom stereocenters. The van der Waals surface area contributed by atoms with Crippen LogP contribution in [0.2, 0.25) is 5.02 Å². The van der Waals surface area contributed by atoms with Gasteiger partial charge in [-0.15, -0.1) is 16.8 Å². The number of methoxy groups -OCH3 is 1. The molecule has 178 valence electrons. The Bertz CT molecular complexity index is 1200. The molecule has 2 amide bonds. The molecule has 0 aliphatic carbocycles. The molecule has 2 N–H and O–H groups in total. The van der Waals surface area contributed by atoms with E-state index < -0.39 is 17.8 Å². The van der Waals surface area contributed by atoms with E-state index in [0.717, 1.165) is 0 Å². The molecule has 0 fully saturated rings. The molecule has 3 aromatic rings. The number of carbonyl (C=O) groups excluding carboxylic acids is 2. The van der Waals surface area contributed by atoms with Crippen molar-refractivity contribution in [2.75, 3.05) is 18.2 Å². The number of thioether (sulfide) groups is 1. The summed E-state index contributed by atoms with van der Waals surface area (Å²) in [7, 11) is 1.50. The lowest BCUT2D eigenvalue weighted by Crippen LogP contribution is -2.29. The zero-order chi connectivity index (χ0) is 24.7. The van der Waals surface area contributed by atoms with Crippen molar-refractivity contribution in [3.05, 3.63) is 77.3 Å². The summed E-state index contributed by atoms with van der Waals surface area (Å²) in [5.74, 6) is -0.494. The SMILES string of the molecule is C=CCn1c(SCC(=O)Nc2cc(Cl)ccc2OC)nnc1C(C)NC(=O)c1ccccc1F. The fourth-order valence-corrected chi connectivity index (χ4v) is 4.03. The molecule has 0 radical (unpaired) electrons. The number of hydrogen-bond acceptors (Lipinski definition) is 6. The van der Waals surface area contributed by atoms with Gasteiger partial charge in [0.15, 0.2) is 11.0 Å². The van der Waals surface area contributed by atoms with Crippen molar-refractivity contribution in [1.82, 2.24) is 20.1 Å². The number of halogens is 2. The van der Waals surface area contributed by atoms with Crippen LogP contribution in [0.1, 0.15) is 29.1 Å². The predicted molar refractivity (Wildman–Crippen MR) is 130 cm³/mol. The molecule has 34 heavy (non-hydrogen) atoms. The molecule has 0 aliphatic rings. The summed E-state index contributed by atoms with van der Waals surface area (Å²) >= 11 is 7.18. The maximum Gasteiger partial charge on any atom is 0.254 e. The molecule has 3 rings (SSSR count). The molecule has 0 aliphatic heterocycles. The number of nitrogens with zero attached hydrogens (tertiary/aromatic N) is 3. The smallest absolute Gasteiger partial charge is 0.254 e. The van der Waals surface area contributed by atoms with E-state index in [0.29, 0.717) is 34.0 Å². The van der Waals surface area contributed by atoms with Crippen LogP contribution < -0.4 is 15.4 Å². The quantitative estimate of drug-likeness (QED) is 0.312. The lowest BCUT2D eigenvalue weighted by atomic mass is 10.2. The van der Waals surface area contributed by atoms with Crippen LogP contribution in [0.5, 0.6) is 5.75 Å². The van der Waals surface area contributed by atoms with E-state index in [4.69, 9.17) is 16.3 Å². The lowest BCUT2D eigenvalue weighted by Gasteiger charge is -2.15. The summed E-state index contributed by atoms with van der Waals surface area (Å²) in [5.41, 5.74) is 0.394. The van der Waals surface area contributed by atoms with Gasteiger partial charge in [-0.3, -0.25) is 9.59 Å². The van der Waals surface area contributed by atoms with Crippen LogP contribution in [0, 0.1) is 5.82 Å². The topological polar surface area (TPSA) is 98.1 Å². The summed E-state index contributed by atoms with van der Waals surface area (Å²) < 4.78 is 20.9. The van der Waals surface area contributed by atoms with E-state index in [2.05, 4.69) is 27.4 Å². The minimum atomic E-state index is -0.613. The van der Waals surface area contributed by atoms with E-state index in [1.807, 2.05) is 0 Å². The first-order valence-electron chi connectivity index (χ1n) is 10.2. The Morgan fingerprint density at radius 1 is 1.29 bits per heavy atom. The summed E-state index contributed by atoms with van der Waals surface area (Å²) in [4.78, 5) is 25.0. The van der Waals surface area contributed by atoms with Crippen molar-refractivity contribution in [1.29, 1.82) is 0 Å². The molecule has 0 bridgehead atoms. The zero-order valence-corrected chi connectivity index (χ0v) is 20.1. The van der Waals surface area contributed by atoms with Crippen molar-refractivity contribution >= 4 is 40.9 Å². The summed E-state index contributed by atoms with van der Waals surface area (Å²) in [6.45, 7) is 5.82. The number of rotatable bonds is 10. The third-order valence-corrected chi connectivity index (χ3v) is 5.88. The van der Waals surface area contributed by atoms with Gasteiger partial charge >= 0.3 is 0 Å². The highest BCUT2D eigenvalue weighted by atomic mass is 35.5. The molecular weight excluding hydrogens is 481 g/mol. The minimum Gasteiger partial charge on any atom is -0.495 e. The normalized spacial score (nSPS) is 11.5. The van der Waals surface area contributed by atoms with Crippen molar-refractivity contribution in [2.45, 2.75) is 24.7 Å². The largest absolute Gasteiger partial charge is 0.495 e. The third-order valence-electron chi connectivity index (χ3n) is 4.68. The first-order chi connectivity index (χ1) is 16.3. The molecule has 1 unspecified atom stereocenters. The first-order valence-corrected chi connectivity index (χ1v) is 11.6. The number of allylic oxidation sites excluding steroid dienone is 1. The molecule has 0 saturated heterocycles. The van der Waals surface area contributed by atoms with Crippen molar-refractivity contribution in [3.8, 4) is 5.75 Å². The Balaban J connectivity index is 1.69. The van der Waals surface area contributed by atoms with Gasteiger partial charge in [0.2, 0.25) is 5.91 Å². The standard InChI is InChI=1S/C23H23ClFN5O3S/c1-4-11-30-21(14(2)26-22(32)16-7-5-6-8-17(16)25)28-29-23(30)34-13-20(31)27-18-12-15(24)9-10-19(18)33-3/h4-10,12,14H,1,11,13H2,2-3H3,(H,26,32)(H,27,31). The van der Waals surface area contributed by atoms with Gasteiger partial charge in [-0.1, -0.05) is 41.6 Å². The Labute approximate surface area is 205 Å². The van der Waals surface area contributed by atoms with Gasteiger partial charge in [0, 0.05) is 11.6 Å². The van der Waals surface area contributed by atoms with E-state index in [9.17, 15) is 14.0 Å². The minimum absolute atomic E-state index is 0.0426. The van der Waals surface area contributed by atoms with E-state index in [1.165, 1.54) is 37.1 Å². The van der Waals surface area contributed by atoms with Crippen LogP contribution in [0.25, 0.3) is 0 Å². The maximum atomic E-state index is 13.9. The maximum absolute atomic E-state index is 13.9. The second kappa shape index (κ2) is 11.7. The molecule has 11 heteroatoms. The van der Waals surface area contributed by atoms with Crippen LogP contribution in [0.4, 0.5) is 10.1 Å². The highest BCUT2D eigenvalue weighted by Gasteiger charge is 2.21. The number of nitrogens with one attached hydrogen (secondary N) is 2. The van der Waals surface area contributed by atoms with Gasteiger partial charge in [-0.25, -0.2) is 4.39 Å². The Hall–Kier alpha value is -3.37. The van der Waals surface area contributed by atoms with Crippen LogP contribution in [-0.2, 0) is 11.3 Å². The summed E-state index contributed by atoms with van der Waals surface area (Å²) in [6.07, 6.45) is 1.65. The molecule has 2 aromatic carbocycles. The molecule has 1 heterocycles. The number of benzene rings is 2. The molecule has 0 spiro atoms. The Morgan fingerprint density at radius 2 is 2.06 bits per heavy atom. The molecule has 8 nitrogen and oxygen atoms in total. The first kappa shape index (κ1) is 25.3.